The number of hydrogen-bond donors (Lipinski definition) is 1. The van der Waals surface area contributed by atoms with Crippen molar-refractivity contribution < 1.29 is 0 Å². The van der Waals surface area contributed by atoms with Gasteiger partial charge in [-0.3, -0.25) is 0 Å². The van der Waals surface area contributed by atoms with Crippen molar-refractivity contribution in [2.75, 3.05) is 5.32 Å². The van der Waals surface area contributed by atoms with Gasteiger partial charge < -0.3 is 9.88 Å². The molecule has 0 aliphatic heterocycles. The lowest BCUT2D eigenvalue weighted by Gasteiger charge is -2.20. The largest absolute Gasteiger partial charge is 0.368 e. The van der Waals surface area contributed by atoms with Crippen molar-refractivity contribution in [1.82, 2.24) is 9.55 Å². The van der Waals surface area contributed by atoms with Crippen LogP contribution in [0.3, 0.4) is 0 Å². The highest BCUT2D eigenvalue weighted by Crippen LogP contribution is 2.35. The molecule has 2 aromatic heterocycles. The zero-order chi connectivity index (χ0) is 14.8. The van der Waals surface area contributed by atoms with Crippen LogP contribution in [0.2, 0.25) is 10.0 Å². The molecule has 108 valence electrons. The van der Waals surface area contributed by atoms with Gasteiger partial charge in [0.25, 0.3) is 0 Å². The summed E-state index contributed by atoms with van der Waals surface area (Å²) in [4.78, 5) is 5.60. The molecule has 0 saturated carbocycles. The SMILES string of the molecule is Cn1ccnc1C(Nc1c(Cl)cccc1Cl)c1cccs1. The summed E-state index contributed by atoms with van der Waals surface area (Å²) in [6.07, 6.45) is 3.71. The second-order valence-corrected chi connectivity index (χ2v) is 6.38. The van der Waals surface area contributed by atoms with Crippen molar-refractivity contribution in [3.8, 4) is 0 Å². The number of imidazole rings is 1. The van der Waals surface area contributed by atoms with E-state index in [0.29, 0.717) is 10.0 Å². The Hall–Kier alpha value is -1.49. The van der Waals surface area contributed by atoms with Crippen molar-refractivity contribution in [3.05, 3.63) is 68.9 Å². The van der Waals surface area contributed by atoms with Crippen LogP contribution >= 0.6 is 34.5 Å². The summed E-state index contributed by atoms with van der Waals surface area (Å²) in [7, 11) is 1.97. The molecule has 3 rings (SSSR count). The van der Waals surface area contributed by atoms with Crippen LogP contribution in [0.1, 0.15) is 16.7 Å². The highest BCUT2D eigenvalue weighted by atomic mass is 35.5. The summed E-state index contributed by atoms with van der Waals surface area (Å²) >= 11 is 14.2. The first-order valence-corrected chi connectivity index (χ1v) is 8.01. The minimum atomic E-state index is -0.0950. The summed E-state index contributed by atoms with van der Waals surface area (Å²) in [5.41, 5.74) is 0.724. The van der Waals surface area contributed by atoms with Gasteiger partial charge in [0.2, 0.25) is 0 Å². The summed E-state index contributed by atoms with van der Waals surface area (Å²) in [5, 5.41) is 6.66. The molecular formula is C15H13Cl2N3S. The lowest BCUT2D eigenvalue weighted by molar-refractivity contribution is 0.756. The average molecular weight is 338 g/mol. The highest BCUT2D eigenvalue weighted by Gasteiger charge is 2.21. The van der Waals surface area contributed by atoms with Crippen molar-refractivity contribution in [2.45, 2.75) is 6.04 Å². The summed E-state index contributed by atoms with van der Waals surface area (Å²) < 4.78 is 1.99. The number of rotatable bonds is 4. The van der Waals surface area contributed by atoms with Gasteiger partial charge in [-0.2, -0.15) is 0 Å². The molecule has 3 nitrogen and oxygen atoms in total. The molecule has 0 amide bonds. The van der Waals surface area contributed by atoms with Gasteiger partial charge in [-0.15, -0.1) is 11.3 Å². The maximum Gasteiger partial charge on any atom is 0.136 e. The van der Waals surface area contributed by atoms with Crippen LogP contribution in [0.25, 0.3) is 0 Å². The Labute approximate surface area is 137 Å². The van der Waals surface area contributed by atoms with Crippen LogP contribution in [0, 0.1) is 0 Å². The Morgan fingerprint density at radius 2 is 1.95 bits per heavy atom. The molecule has 0 aliphatic carbocycles. The van der Waals surface area contributed by atoms with Crippen molar-refractivity contribution >= 4 is 40.2 Å². The number of thiophene rings is 1. The van der Waals surface area contributed by atoms with Crippen LogP contribution in [0.15, 0.2) is 48.1 Å². The minimum absolute atomic E-state index is 0.0950. The summed E-state index contributed by atoms with van der Waals surface area (Å²) in [6.45, 7) is 0. The fraction of sp³-hybridized carbons (Fsp3) is 0.133. The number of aromatic nitrogens is 2. The molecule has 0 fully saturated rings. The topological polar surface area (TPSA) is 29.9 Å². The maximum atomic E-state index is 6.27. The van der Waals surface area contributed by atoms with Gasteiger partial charge in [0, 0.05) is 24.3 Å². The second kappa shape index (κ2) is 6.10. The van der Waals surface area contributed by atoms with E-state index in [4.69, 9.17) is 23.2 Å². The number of aryl methyl sites for hydroxylation is 1. The van der Waals surface area contributed by atoms with E-state index < -0.39 is 0 Å². The van der Waals surface area contributed by atoms with Crippen LogP contribution in [0.5, 0.6) is 0 Å². The Kier molecular flexibility index (Phi) is 4.19. The van der Waals surface area contributed by atoms with E-state index in [1.807, 2.05) is 47.5 Å². The van der Waals surface area contributed by atoms with Crippen LogP contribution in [0.4, 0.5) is 5.69 Å². The number of nitrogens with one attached hydrogen (secondary N) is 1. The van der Waals surface area contributed by atoms with Gasteiger partial charge in [0.05, 0.1) is 15.7 Å². The molecule has 0 radical (unpaired) electrons. The van der Waals surface area contributed by atoms with Gasteiger partial charge in [0.1, 0.15) is 11.9 Å². The third-order valence-electron chi connectivity index (χ3n) is 3.20. The third kappa shape index (κ3) is 2.93. The van der Waals surface area contributed by atoms with Crippen molar-refractivity contribution in [2.24, 2.45) is 7.05 Å². The van der Waals surface area contributed by atoms with E-state index >= 15 is 0 Å². The van der Waals surface area contributed by atoms with Crippen LogP contribution < -0.4 is 5.32 Å². The Bertz CT molecular complexity index is 717. The van der Waals surface area contributed by atoms with Crippen LogP contribution in [-0.4, -0.2) is 9.55 Å². The molecule has 0 bridgehead atoms. The molecule has 1 N–H and O–H groups in total. The molecule has 1 atom stereocenters. The van der Waals surface area contributed by atoms with Gasteiger partial charge >= 0.3 is 0 Å². The van der Waals surface area contributed by atoms with Crippen molar-refractivity contribution in [1.29, 1.82) is 0 Å². The lowest BCUT2D eigenvalue weighted by Crippen LogP contribution is -2.16. The Balaban J connectivity index is 2.03. The molecular weight excluding hydrogens is 325 g/mol. The fourth-order valence-corrected chi connectivity index (χ4v) is 3.43. The van der Waals surface area contributed by atoms with E-state index in [1.165, 1.54) is 0 Å². The standard InChI is InChI=1S/C15H13Cl2N3S/c1-20-8-7-18-15(20)14(12-6-3-9-21-12)19-13-10(16)4-2-5-11(13)17/h2-9,14,19H,1H3. The molecule has 3 aromatic rings. The number of para-hydroxylation sites is 1. The van der Waals surface area contributed by atoms with Crippen molar-refractivity contribution in [3.63, 3.8) is 0 Å². The van der Waals surface area contributed by atoms with Gasteiger partial charge in [-0.25, -0.2) is 4.98 Å². The first-order chi connectivity index (χ1) is 10.2. The number of halogens is 2. The molecule has 2 heterocycles. The van der Waals surface area contributed by atoms with Gasteiger partial charge in [-0.1, -0.05) is 35.3 Å². The van der Waals surface area contributed by atoms with E-state index in [1.54, 1.807) is 17.5 Å². The third-order valence-corrected chi connectivity index (χ3v) is 4.76. The van der Waals surface area contributed by atoms with E-state index in [2.05, 4.69) is 16.4 Å². The van der Waals surface area contributed by atoms with Crippen LogP contribution in [-0.2, 0) is 7.05 Å². The monoisotopic (exact) mass is 337 g/mol. The summed E-state index contributed by atoms with van der Waals surface area (Å²) in [5.74, 6) is 0.911. The molecule has 0 spiro atoms. The smallest absolute Gasteiger partial charge is 0.136 e. The fourth-order valence-electron chi connectivity index (χ4n) is 2.15. The molecule has 0 aliphatic rings. The Morgan fingerprint density at radius 3 is 2.52 bits per heavy atom. The first-order valence-electron chi connectivity index (χ1n) is 6.38. The molecule has 1 unspecified atom stereocenters. The number of benzene rings is 1. The predicted molar refractivity (Wildman–Crippen MR) is 89.5 cm³/mol. The quantitative estimate of drug-likeness (QED) is 0.726. The van der Waals surface area contributed by atoms with Gasteiger partial charge in [0.15, 0.2) is 0 Å². The zero-order valence-corrected chi connectivity index (χ0v) is 13.6. The summed E-state index contributed by atoms with van der Waals surface area (Å²) in [6, 6.07) is 9.46. The minimum Gasteiger partial charge on any atom is -0.368 e. The highest BCUT2D eigenvalue weighted by molar-refractivity contribution is 7.10. The number of nitrogens with zero attached hydrogens (tertiary/aromatic N) is 2. The first kappa shape index (κ1) is 14.4. The number of anilines is 1. The normalized spacial score (nSPS) is 12.3. The maximum absolute atomic E-state index is 6.27. The van der Waals surface area contributed by atoms with E-state index in [0.717, 1.165) is 16.4 Å². The second-order valence-electron chi connectivity index (χ2n) is 4.59. The lowest BCUT2D eigenvalue weighted by atomic mass is 10.2. The molecule has 0 saturated heterocycles. The Morgan fingerprint density at radius 1 is 1.19 bits per heavy atom. The van der Waals surface area contributed by atoms with Gasteiger partial charge in [-0.05, 0) is 23.6 Å². The van der Waals surface area contributed by atoms with E-state index in [-0.39, 0.29) is 6.04 Å². The molecule has 6 heteroatoms. The molecule has 21 heavy (non-hydrogen) atoms. The molecule has 1 aromatic carbocycles. The predicted octanol–water partition coefficient (Wildman–Crippen LogP) is 4.99. The zero-order valence-electron chi connectivity index (χ0n) is 11.3. The average Bonchev–Trinajstić information content (AvgIpc) is 3.11. The van der Waals surface area contributed by atoms with E-state index in [9.17, 15) is 0 Å². The number of hydrogen-bond acceptors (Lipinski definition) is 3.